The number of rotatable bonds is 4. The predicted octanol–water partition coefficient (Wildman–Crippen LogP) is 2.28. The Morgan fingerprint density at radius 2 is 2.29 bits per heavy atom. The lowest BCUT2D eigenvalue weighted by Gasteiger charge is -2.07. The lowest BCUT2D eigenvalue weighted by atomic mass is 10.3. The fraction of sp³-hybridized carbons (Fsp3) is 0.300. The van der Waals surface area contributed by atoms with E-state index < -0.39 is 0 Å². The molecule has 0 saturated carbocycles. The van der Waals surface area contributed by atoms with E-state index in [1.165, 1.54) is 6.33 Å². The molecule has 0 bridgehead atoms. The summed E-state index contributed by atoms with van der Waals surface area (Å²) in [6, 6.07) is 1.99. The molecule has 17 heavy (non-hydrogen) atoms. The SMILES string of the molecule is Cn1nccc1CCNc1ncnc(Cl)c1Br. The summed E-state index contributed by atoms with van der Waals surface area (Å²) >= 11 is 9.20. The lowest BCUT2D eigenvalue weighted by molar-refractivity contribution is 0.711. The maximum Gasteiger partial charge on any atom is 0.148 e. The fourth-order valence-corrected chi connectivity index (χ4v) is 1.91. The van der Waals surface area contributed by atoms with E-state index in [0.717, 1.165) is 18.7 Å². The lowest BCUT2D eigenvalue weighted by Crippen LogP contribution is -2.09. The summed E-state index contributed by atoms with van der Waals surface area (Å²) in [5, 5.41) is 7.71. The fourth-order valence-electron chi connectivity index (χ4n) is 1.43. The van der Waals surface area contributed by atoms with Crippen molar-refractivity contribution < 1.29 is 0 Å². The molecule has 0 radical (unpaired) electrons. The number of hydrogen-bond donors (Lipinski definition) is 1. The Bertz CT molecular complexity index is 513. The summed E-state index contributed by atoms with van der Waals surface area (Å²) in [7, 11) is 1.92. The van der Waals surface area contributed by atoms with Crippen LogP contribution in [0.2, 0.25) is 5.15 Å². The van der Waals surface area contributed by atoms with E-state index >= 15 is 0 Å². The molecule has 0 fully saturated rings. The zero-order chi connectivity index (χ0) is 12.3. The zero-order valence-corrected chi connectivity index (χ0v) is 11.5. The molecule has 0 aliphatic carbocycles. The molecule has 1 N–H and O–H groups in total. The van der Waals surface area contributed by atoms with Gasteiger partial charge in [0.15, 0.2) is 0 Å². The monoisotopic (exact) mass is 315 g/mol. The second-order valence-electron chi connectivity index (χ2n) is 3.45. The van der Waals surface area contributed by atoms with Crippen LogP contribution in [0.3, 0.4) is 0 Å². The van der Waals surface area contributed by atoms with Crippen LogP contribution in [-0.2, 0) is 13.5 Å². The van der Waals surface area contributed by atoms with Crippen molar-refractivity contribution >= 4 is 33.3 Å². The van der Waals surface area contributed by atoms with Crippen molar-refractivity contribution in [3.8, 4) is 0 Å². The number of nitrogens with one attached hydrogen (secondary N) is 1. The molecule has 7 heteroatoms. The highest BCUT2D eigenvalue weighted by atomic mass is 79.9. The van der Waals surface area contributed by atoms with E-state index in [9.17, 15) is 0 Å². The first-order valence-corrected chi connectivity index (χ1v) is 6.22. The van der Waals surface area contributed by atoms with Gasteiger partial charge < -0.3 is 5.32 Å². The molecular weight excluding hydrogens is 306 g/mol. The van der Waals surface area contributed by atoms with Crippen LogP contribution >= 0.6 is 27.5 Å². The van der Waals surface area contributed by atoms with Crippen molar-refractivity contribution in [1.29, 1.82) is 0 Å². The standard InChI is InChI=1S/C10H11BrClN5/c1-17-7(3-5-16-17)2-4-13-10-8(11)9(12)14-6-15-10/h3,5-6H,2,4H2,1H3,(H,13,14,15). The first kappa shape index (κ1) is 12.3. The van der Waals surface area contributed by atoms with E-state index in [1.54, 1.807) is 6.20 Å². The van der Waals surface area contributed by atoms with Gasteiger partial charge in [-0.15, -0.1) is 0 Å². The molecule has 2 aromatic rings. The molecule has 0 saturated heterocycles. The summed E-state index contributed by atoms with van der Waals surface area (Å²) in [5.41, 5.74) is 1.16. The molecule has 5 nitrogen and oxygen atoms in total. The van der Waals surface area contributed by atoms with E-state index in [0.29, 0.717) is 15.4 Å². The van der Waals surface area contributed by atoms with Crippen molar-refractivity contribution in [2.24, 2.45) is 7.05 Å². The van der Waals surface area contributed by atoms with Crippen molar-refractivity contribution in [2.45, 2.75) is 6.42 Å². The first-order valence-electron chi connectivity index (χ1n) is 5.05. The molecular formula is C10H11BrClN5. The molecule has 2 rings (SSSR count). The van der Waals surface area contributed by atoms with Gasteiger partial charge in [-0.3, -0.25) is 4.68 Å². The van der Waals surface area contributed by atoms with Crippen LogP contribution in [-0.4, -0.2) is 26.3 Å². The maximum atomic E-state index is 5.87. The highest BCUT2D eigenvalue weighted by Crippen LogP contribution is 2.25. The third kappa shape index (κ3) is 2.95. The summed E-state index contributed by atoms with van der Waals surface area (Å²) in [6.45, 7) is 0.755. The van der Waals surface area contributed by atoms with Gasteiger partial charge in [-0.2, -0.15) is 5.10 Å². The molecule has 0 atom stereocenters. The molecule has 0 aliphatic heterocycles. The normalized spacial score (nSPS) is 10.5. The minimum absolute atomic E-state index is 0.406. The van der Waals surface area contributed by atoms with E-state index in [4.69, 9.17) is 11.6 Å². The maximum absolute atomic E-state index is 5.87. The zero-order valence-electron chi connectivity index (χ0n) is 9.19. The van der Waals surface area contributed by atoms with Crippen LogP contribution in [0.5, 0.6) is 0 Å². The molecule has 0 amide bonds. The van der Waals surface area contributed by atoms with Crippen LogP contribution in [0, 0.1) is 0 Å². The van der Waals surface area contributed by atoms with Gasteiger partial charge in [0.05, 0.1) is 4.47 Å². The number of halogens is 2. The molecule has 0 unspecified atom stereocenters. The van der Waals surface area contributed by atoms with Gasteiger partial charge in [0.25, 0.3) is 0 Å². The summed E-state index contributed by atoms with van der Waals surface area (Å²) < 4.78 is 2.54. The van der Waals surface area contributed by atoms with Gasteiger partial charge in [0, 0.05) is 31.9 Å². The van der Waals surface area contributed by atoms with Crippen LogP contribution in [0.1, 0.15) is 5.69 Å². The Balaban J connectivity index is 1.95. The molecule has 2 aromatic heterocycles. The van der Waals surface area contributed by atoms with Gasteiger partial charge in [-0.1, -0.05) is 11.6 Å². The third-order valence-electron chi connectivity index (χ3n) is 2.34. The van der Waals surface area contributed by atoms with Gasteiger partial charge >= 0.3 is 0 Å². The number of aryl methyl sites for hydroxylation is 1. The van der Waals surface area contributed by atoms with Crippen molar-refractivity contribution in [3.63, 3.8) is 0 Å². The number of aromatic nitrogens is 4. The smallest absolute Gasteiger partial charge is 0.148 e. The quantitative estimate of drug-likeness (QED) is 0.879. The average Bonchev–Trinajstić information content (AvgIpc) is 2.71. The van der Waals surface area contributed by atoms with Gasteiger partial charge in [0.1, 0.15) is 17.3 Å². The molecule has 0 aliphatic rings. The molecule has 0 spiro atoms. The Morgan fingerprint density at radius 1 is 1.47 bits per heavy atom. The van der Waals surface area contributed by atoms with Crippen molar-refractivity contribution in [1.82, 2.24) is 19.7 Å². The number of nitrogens with zero attached hydrogens (tertiary/aromatic N) is 4. The Kier molecular flexibility index (Phi) is 3.96. The first-order chi connectivity index (χ1) is 8.18. The predicted molar refractivity (Wildman–Crippen MR) is 70.1 cm³/mol. The topological polar surface area (TPSA) is 55.6 Å². The summed E-state index contributed by atoms with van der Waals surface area (Å²) in [6.07, 6.45) is 4.08. The molecule has 90 valence electrons. The highest BCUT2D eigenvalue weighted by molar-refractivity contribution is 9.10. The molecule has 2 heterocycles. The number of anilines is 1. The van der Waals surface area contributed by atoms with Crippen molar-refractivity contribution in [2.75, 3.05) is 11.9 Å². The largest absolute Gasteiger partial charge is 0.369 e. The van der Waals surface area contributed by atoms with E-state index in [-0.39, 0.29) is 0 Å². The Morgan fingerprint density at radius 3 is 3.00 bits per heavy atom. The Labute approximate surface area is 112 Å². The van der Waals surface area contributed by atoms with E-state index in [2.05, 4.69) is 36.3 Å². The average molecular weight is 317 g/mol. The minimum Gasteiger partial charge on any atom is -0.369 e. The Hall–Kier alpha value is -1.14. The summed E-state index contributed by atoms with van der Waals surface area (Å²) in [4.78, 5) is 7.97. The van der Waals surface area contributed by atoms with Crippen LogP contribution < -0.4 is 5.32 Å². The summed E-state index contributed by atoms with van der Waals surface area (Å²) in [5.74, 6) is 0.701. The van der Waals surface area contributed by atoms with Crippen LogP contribution in [0.15, 0.2) is 23.1 Å². The van der Waals surface area contributed by atoms with Crippen molar-refractivity contribution in [3.05, 3.63) is 33.9 Å². The minimum atomic E-state index is 0.406. The third-order valence-corrected chi connectivity index (χ3v) is 3.61. The molecule has 0 aromatic carbocycles. The van der Waals surface area contributed by atoms with Gasteiger partial charge in [-0.05, 0) is 22.0 Å². The number of hydrogen-bond acceptors (Lipinski definition) is 4. The van der Waals surface area contributed by atoms with Gasteiger partial charge in [0.2, 0.25) is 0 Å². The van der Waals surface area contributed by atoms with Crippen LogP contribution in [0.4, 0.5) is 5.82 Å². The van der Waals surface area contributed by atoms with E-state index in [1.807, 2.05) is 17.8 Å². The van der Waals surface area contributed by atoms with Gasteiger partial charge in [-0.25, -0.2) is 9.97 Å². The second-order valence-corrected chi connectivity index (χ2v) is 4.60. The highest BCUT2D eigenvalue weighted by Gasteiger charge is 2.06. The van der Waals surface area contributed by atoms with Crippen LogP contribution in [0.25, 0.3) is 0 Å². The second kappa shape index (κ2) is 5.46.